The number of rotatable bonds is 10. The lowest BCUT2D eigenvalue weighted by Crippen LogP contribution is -2.13. The fourth-order valence-electron chi connectivity index (χ4n) is 5.61. The van der Waals surface area contributed by atoms with Crippen LogP contribution in [-0.2, 0) is 0 Å². The van der Waals surface area contributed by atoms with Crippen LogP contribution >= 0.6 is 0 Å². The van der Waals surface area contributed by atoms with Gasteiger partial charge in [0, 0.05) is 0 Å². The van der Waals surface area contributed by atoms with Crippen LogP contribution in [0.2, 0.25) is 0 Å². The monoisotopic (exact) mass is 380 g/mol. The largest absolute Gasteiger partial charge is 0.0804 e. The van der Waals surface area contributed by atoms with Crippen LogP contribution in [0, 0.1) is 11.8 Å². The van der Waals surface area contributed by atoms with E-state index in [-0.39, 0.29) is 0 Å². The van der Waals surface area contributed by atoms with Crippen molar-refractivity contribution in [1.82, 2.24) is 0 Å². The second-order valence-corrected chi connectivity index (χ2v) is 9.70. The van der Waals surface area contributed by atoms with E-state index in [2.05, 4.69) is 44.2 Å². The average molecular weight is 381 g/mol. The molecule has 0 N–H and O–H groups in total. The molecule has 2 aliphatic carbocycles. The van der Waals surface area contributed by atoms with Crippen molar-refractivity contribution < 1.29 is 0 Å². The number of hydrogen-bond acceptors (Lipinski definition) is 0. The van der Waals surface area contributed by atoms with Crippen LogP contribution in [-0.4, -0.2) is 0 Å². The first-order valence-electron chi connectivity index (χ1n) is 12.6. The van der Waals surface area contributed by atoms with Crippen molar-refractivity contribution >= 4 is 5.57 Å². The number of unbranched alkanes of at least 4 members (excludes halogenated alkanes) is 4. The van der Waals surface area contributed by atoms with Crippen LogP contribution in [0.15, 0.2) is 30.3 Å². The topological polar surface area (TPSA) is 0 Å². The molecule has 0 spiro atoms. The molecule has 0 heteroatoms. The molecule has 1 aromatic rings. The van der Waals surface area contributed by atoms with Gasteiger partial charge in [0.05, 0.1) is 0 Å². The Morgan fingerprint density at radius 3 is 2.11 bits per heavy atom. The van der Waals surface area contributed by atoms with E-state index in [0.29, 0.717) is 0 Å². The molecule has 1 fully saturated rings. The van der Waals surface area contributed by atoms with Crippen LogP contribution in [0.5, 0.6) is 0 Å². The van der Waals surface area contributed by atoms with Crippen LogP contribution in [0.3, 0.4) is 0 Å². The van der Waals surface area contributed by atoms with E-state index < -0.39 is 0 Å². The highest BCUT2D eigenvalue weighted by Crippen LogP contribution is 2.38. The van der Waals surface area contributed by atoms with Crippen molar-refractivity contribution in [2.75, 3.05) is 0 Å². The number of allylic oxidation sites excluding steroid dienone is 2. The lowest BCUT2D eigenvalue weighted by Gasteiger charge is -2.29. The zero-order chi connectivity index (χ0) is 19.6. The number of hydrogen-bond donors (Lipinski definition) is 0. The maximum Gasteiger partial charge on any atom is -0.0162 e. The zero-order valence-electron chi connectivity index (χ0n) is 18.7. The molecule has 1 atom stereocenters. The summed E-state index contributed by atoms with van der Waals surface area (Å²) in [7, 11) is 0. The lowest BCUT2D eigenvalue weighted by atomic mass is 9.77. The van der Waals surface area contributed by atoms with Gasteiger partial charge in [-0.2, -0.15) is 0 Å². The third-order valence-corrected chi connectivity index (χ3v) is 7.53. The van der Waals surface area contributed by atoms with Crippen LogP contribution in [0.25, 0.3) is 5.57 Å². The minimum Gasteiger partial charge on any atom is -0.0804 e. The first-order chi connectivity index (χ1) is 13.8. The van der Waals surface area contributed by atoms with E-state index in [1.54, 1.807) is 11.1 Å². The van der Waals surface area contributed by atoms with Gasteiger partial charge in [0.2, 0.25) is 0 Å². The Morgan fingerprint density at radius 1 is 0.714 bits per heavy atom. The van der Waals surface area contributed by atoms with Gasteiger partial charge < -0.3 is 0 Å². The Bertz CT molecular complexity index is 571. The molecule has 3 rings (SSSR count). The van der Waals surface area contributed by atoms with Crippen molar-refractivity contribution in [3.8, 4) is 0 Å². The quantitative estimate of drug-likeness (QED) is 0.355. The summed E-state index contributed by atoms with van der Waals surface area (Å²) in [4.78, 5) is 0. The smallest absolute Gasteiger partial charge is 0.0162 e. The molecule has 1 unspecified atom stereocenters. The Balaban J connectivity index is 1.44. The highest BCUT2D eigenvalue weighted by atomic mass is 14.3. The molecule has 1 aromatic carbocycles. The summed E-state index contributed by atoms with van der Waals surface area (Å²) < 4.78 is 0. The molecule has 1 saturated carbocycles. The van der Waals surface area contributed by atoms with Crippen LogP contribution in [0.4, 0.5) is 0 Å². The summed E-state index contributed by atoms with van der Waals surface area (Å²) in [5.74, 6) is 2.77. The van der Waals surface area contributed by atoms with Crippen molar-refractivity contribution in [3.63, 3.8) is 0 Å². The molecule has 0 bridgehead atoms. The summed E-state index contributed by atoms with van der Waals surface area (Å²) >= 11 is 0. The maximum absolute atomic E-state index is 2.56. The maximum atomic E-state index is 2.56. The third-order valence-electron chi connectivity index (χ3n) is 7.53. The fourth-order valence-corrected chi connectivity index (χ4v) is 5.61. The van der Waals surface area contributed by atoms with Gasteiger partial charge in [0.25, 0.3) is 0 Å². The summed E-state index contributed by atoms with van der Waals surface area (Å²) in [6.07, 6.45) is 23.7. The predicted molar refractivity (Wildman–Crippen MR) is 125 cm³/mol. The molecule has 0 amide bonds. The van der Waals surface area contributed by atoms with Gasteiger partial charge in [-0.25, -0.2) is 0 Å². The minimum atomic E-state index is 0.819. The zero-order valence-corrected chi connectivity index (χ0v) is 18.7. The van der Waals surface area contributed by atoms with Crippen molar-refractivity contribution in [3.05, 3.63) is 41.5 Å². The van der Waals surface area contributed by atoms with Gasteiger partial charge in [0.15, 0.2) is 0 Å². The van der Waals surface area contributed by atoms with E-state index >= 15 is 0 Å². The van der Waals surface area contributed by atoms with E-state index in [1.807, 2.05) is 0 Å². The first kappa shape index (κ1) is 21.7. The fraction of sp³-hybridized carbons (Fsp3) is 0.714. The van der Waals surface area contributed by atoms with Crippen LogP contribution in [0.1, 0.15) is 127 Å². The molecular formula is C28H44. The number of benzene rings is 1. The summed E-state index contributed by atoms with van der Waals surface area (Å²) in [5, 5.41) is 0. The third kappa shape index (κ3) is 6.50. The Hall–Kier alpha value is -1.04. The minimum absolute atomic E-state index is 0.819. The predicted octanol–water partition coefficient (Wildman–Crippen LogP) is 9.30. The van der Waals surface area contributed by atoms with E-state index in [0.717, 1.165) is 17.8 Å². The first-order valence-corrected chi connectivity index (χ1v) is 12.6. The highest BCUT2D eigenvalue weighted by Gasteiger charge is 2.22. The van der Waals surface area contributed by atoms with Crippen molar-refractivity contribution in [2.24, 2.45) is 11.8 Å². The van der Waals surface area contributed by atoms with Gasteiger partial charge in [-0.15, -0.1) is 0 Å². The van der Waals surface area contributed by atoms with Crippen LogP contribution < -0.4 is 0 Å². The van der Waals surface area contributed by atoms with Gasteiger partial charge >= 0.3 is 0 Å². The SMILES string of the molecule is CCCCCCCC1CC=C(c2ccc([C@H]3CC[C@H](CCC)CC3)cc2)CC1. The van der Waals surface area contributed by atoms with Crippen molar-refractivity contribution in [2.45, 2.75) is 116 Å². The molecule has 0 nitrogen and oxygen atoms in total. The summed E-state index contributed by atoms with van der Waals surface area (Å²) in [6.45, 7) is 4.64. The standard InChI is InChI=1S/C28H44/c1-3-5-6-7-8-10-24-13-17-26(18-14-24)28-21-19-27(20-22-28)25-15-11-23(9-4-2)12-16-25/h17,19-25H,3-16,18H2,1-2H3/t23-,24?,25-. The molecule has 0 heterocycles. The van der Waals surface area contributed by atoms with Crippen molar-refractivity contribution in [1.29, 1.82) is 0 Å². The van der Waals surface area contributed by atoms with E-state index in [1.165, 1.54) is 102 Å². The second-order valence-electron chi connectivity index (χ2n) is 9.70. The summed E-state index contributed by atoms with van der Waals surface area (Å²) in [6, 6.07) is 9.73. The van der Waals surface area contributed by atoms with Gasteiger partial charge in [-0.3, -0.25) is 0 Å². The molecule has 2 aliphatic rings. The molecule has 28 heavy (non-hydrogen) atoms. The van der Waals surface area contributed by atoms with Gasteiger partial charge in [-0.05, 0) is 79.4 Å². The summed E-state index contributed by atoms with van der Waals surface area (Å²) in [5.41, 5.74) is 4.70. The average Bonchev–Trinajstić information content (AvgIpc) is 2.75. The van der Waals surface area contributed by atoms with Gasteiger partial charge in [0.1, 0.15) is 0 Å². The van der Waals surface area contributed by atoms with E-state index in [4.69, 9.17) is 0 Å². The molecule has 0 aromatic heterocycles. The normalized spacial score (nSPS) is 25.5. The molecule has 0 radical (unpaired) electrons. The molecule has 0 aliphatic heterocycles. The molecular weight excluding hydrogens is 336 g/mol. The Kier molecular flexibility index (Phi) is 9.16. The molecule has 156 valence electrons. The van der Waals surface area contributed by atoms with E-state index in [9.17, 15) is 0 Å². The lowest BCUT2D eigenvalue weighted by molar-refractivity contribution is 0.308. The Labute approximate surface area is 175 Å². The highest BCUT2D eigenvalue weighted by molar-refractivity contribution is 5.66. The molecule has 0 saturated heterocycles. The Morgan fingerprint density at radius 2 is 1.46 bits per heavy atom. The van der Waals surface area contributed by atoms with Gasteiger partial charge in [-0.1, -0.05) is 95.6 Å². The second kappa shape index (κ2) is 11.8.